The molecule has 0 bridgehead atoms. The highest BCUT2D eigenvalue weighted by atomic mass is 79.9. The van der Waals surface area contributed by atoms with Gasteiger partial charge in [0.25, 0.3) is 0 Å². The molecule has 0 aliphatic carbocycles. The Morgan fingerprint density at radius 3 is 2.69 bits per heavy atom. The van der Waals surface area contributed by atoms with Crippen molar-refractivity contribution in [1.29, 1.82) is 0 Å². The second-order valence-electron chi connectivity index (χ2n) is 5.20. The third-order valence-corrected chi connectivity index (χ3v) is 4.07. The monoisotopic (exact) mass is 276 g/mol. The molecule has 1 aliphatic rings. The largest absolute Gasteiger partial charge is 0.503 e. The van der Waals surface area contributed by atoms with Crippen molar-refractivity contribution in [1.82, 2.24) is 10.3 Å². The fraction of sp³-hybridized carbons (Fsp3) is 0.375. The molecule has 0 aromatic carbocycles. The van der Waals surface area contributed by atoms with Crippen LogP contribution < -0.4 is 10.1 Å². The molecule has 0 saturated heterocycles. The van der Waals surface area contributed by atoms with Gasteiger partial charge in [-0.1, -0.05) is 0 Å². The number of hydrogen-bond donors (Lipinski definition) is 1. The lowest BCUT2D eigenvalue weighted by molar-refractivity contribution is 0.212. The van der Waals surface area contributed by atoms with Crippen molar-refractivity contribution in [3.8, 4) is 5.75 Å². The van der Waals surface area contributed by atoms with Crippen LogP contribution in [0.1, 0.15) is 5.56 Å². The Morgan fingerprint density at radius 2 is 2.00 bits per heavy atom. The van der Waals surface area contributed by atoms with Gasteiger partial charge in [0.2, 0.25) is 0 Å². The Hall–Kier alpha value is -0.350. The lowest BCUT2D eigenvalue weighted by Gasteiger charge is -2.41. The van der Waals surface area contributed by atoms with E-state index in [1.54, 1.807) is 6.20 Å². The summed E-state index contributed by atoms with van der Waals surface area (Å²) in [5, 5.41) is 3.14. The predicted molar refractivity (Wildman–Crippen MR) is 79.0 cm³/mol. The van der Waals surface area contributed by atoms with E-state index in [2.05, 4.69) is 57.6 Å². The summed E-state index contributed by atoms with van der Waals surface area (Å²) < 4.78 is 7.06. The second kappa shape index (κ2) is 3.84. The number of hydrogen-bond acceptors (Lipinski definition) is 3. The number of rotatable bonds is 0. The summed E-state index contributed by atoms with van der Waals surface area (Å²) in [5.41, 5.74) is 1.09. The topological polar surface area (TPSA) is 34.2 Å². The lowest BCUT2D eigenvalue weighted by Crippen LogP contribution is -2.66. The van der Waals surface area contributed by atoms with Gasteiger partial charge in [0.1, 0.15) is 37.1 Å². The van der Waals surface area contributed by atoms with Crippen LogP contribution in [-0.2, 0) is 6.54 Å². The van der Waals surface area contributed by atoms with E-state index in [4.69, 9.17) is 4.74 Å². The SMILES string of the molecule is BC1(B)NCc2cncc(Br)c2OC1(B)B. The quantitative estimate of drug-likeness (QED) is 0.519. The van der Waals surface area contributed by atoms with E-state index >= 15 is 0 Å². The fourth-order valence-corrected chi connectivity index (χ4v) is 2.07. The summed E-state index contributed by atoms with van der Waals surface area (Å²) in [4.78, 5) is 4.17. The molecule has 0 unspecified atom stereocenters. The molecular weight excluding hydrogens is 263 g/mol. The molecule has 3 nitrogen and oxygen atoms in total. The molecule has 8 heteroatoms. The smallest absolute Gasteiger partial charge is 0.147 e. The maximum Gasteiger partial charge on any atom is 0.147 e. The van der Waals surface area contributed by atoms with E-state index in [0.717, 1.165) is 22.3 Å². The third-order valence-electron chi connectivity index (χ3n) is 3.51. The summed E-state index contributed by atoms with van der Waals surface area (Å²) in [5.74, 6) is 0.901. The van der Waals surface area contributed by atoms with Gasteiger partial charge in [-0.2, -0.15) is 0 Å². The fourth-order valence-electron chi connectivity index (χ4n) is 1.62. The molecule has 0 radical (unpaired) electrons. The van der Waals surface area contributed by atoms with Crippen molar-refractivity contribution in [3.05, 3.63) is 22.4 Å². The molecule has 1 N–H and O–H groups in total. The van der Waals surface area contributed by atoms with Crippen molar-refractivity contribution >= 4 is 47.3 Å². The number of fused-ring (bicyclic) bond motifs is 1. The minimum absolute atomic E-state index is 0.0918. The van der Waals surface area contributed by atoms with Crippen LogP contribution in [0.3, 0.4) is 0 Å². The molecule has 2 heterocycles. The Balaban J connectivity index is 2.49. The molecule has 0 atom stereocenters. The maximum absolute atomic E-state index is 6.14. The predicted octanol–water partition coefficient (Wildman–Crippen LogP) is -2.83. The summed E-state index contributed by atoms with van der Waals surface area (Å²) in [6, 6.07) is 0. The highest BCUT2D eigenvalue weighted by Crippen LogP contribution is 2.34. The van der Waals surface area contributed by atoms with E-state index < -0.39 is 0 Å². The van der Waals surface area contributed by atoms with Crippen molar-refractivity contribution in [2.24, 2.45) is 0 Å². The number of aromatic nitrogens is 1. The Labute approximate surface area is 108 Å². The van der Waals surface area contributed by atoms with E-state index in [1.807, 2.05) is 6.20 Å². The first-order valence-corrected chi connectivity index (χ1v) is 6.19. The number of nitrogens with one attached hydrogen (secondary N) is 1. The summed E-state index contributed by atoms with van der Waals surface area (Å²) in [6.07, 6.45) is 3.62. The normalized spacial score (nSPS) is 21.6. The maximum atomic E-state index is 6.14. The van der Waals surface area contributed by atoms with Crippen molar-refractivity contribution in [2.45, 2.75) is 17.3 Å². The molecule has 1 aliphatic heterocycles. The van der Waals surface area contributed by atoms with Crippen LogP contribution in [0.2, 0.25) is 0 Å². The van der Waals surface area contributed by atoms with Gasteiger partial charge in [-0.05, 0) is 21.3 Å². The number of nitrogens with zero attached hydrogens (tertiary/aromatic N) is 1. The zero-order valence-electron chi connectivity index (χ0n) is 10.1. The summed E-state index contributed by atoms with van der Waals surface area (Å²) >= 11 is 3.49. The highest BCUT2D eigenvalue weighted by Gasteiger charge is 2.40. The minimum atomic E-state index is -0.276. The average Bonchev–Trinajstić information content (AvgIpc) is 2.26. The number of ether oxygens (including phenoxy) is 1. The lowest BCUT2D eigenvalue weighted by atomic mass is 9.40. The van der Waals surface area contributed by atoms with E-state index in [9.17, 15) is 0 Å². The van der Waals surface area contributed by atoms with Crippen LogP contribution in [0.4, 0.5) is 0 Å². The average molecular weight is 276 g/mol. The van der Waals surface area contributed by atoms with Crippen molar-refractivity contribution in [3.63, 3.8) is 0 Å². The minimum Gasteiger partial charge on any atom is -0.503 e. The molecule has 16 heavy (non-hydrogen) atoms. The third kappa shape index (κ3) is 1.93. The first-order valence-electron chi connectivity index (χ1n) is 5.40. The second-order valence-corrected chi connectivity index (χ2v) is 6.05. The van der Waals surface area contributed by atoms with Gasteiger partial charge in [-0.25, -0.2) is 0 Å². The Bertz CT molecular complexity index is 426. The van der Waals surface area contributed by atoms with Gasteiger partial charge >= 0.3 is 0 Å². The molecule has 0 saturated carbocycles. The zero-order chi connectivity index (χ0) is 12.0. The van der Waals surface area contributed by atoms with Crippen molar-refractivity contribution in [2.75, 3.05) is 0 Å². The standard InChI is InChI=1S/C8H13B4BrN2O/c9-7(10)8(11,12)16-6-4(2-15-7)1-14-3-5(6)13/h1,3,15H,2,9-12H2. The molecule has 2 rings (SSSR count). The van der Waals surface area contributed by atoms with Crippen LogP contribution in [0.25, 0.3) is 0 Å². The summed E-state index contributed by atoms with van der Waals surface area (Å²) in [7, 11) is 8.50. The van der Waals surface area contributed by atoms with E-state index in [0.29, 0.717) is 0 Å². The first kappa shape index (κ1) is 12.1. The molecule has 0 fully saturated rings. The van der Waals surface area contributed by atoms with E-state index in [1.165, 1.54) is 0 Å². The van der Waals surface area contributed by atoms with Crippen LogP contribution in [0.15, 0.2) is 16.9 Å². The van der Waals surface area contributed by atoms with E-state index in [-0.39, 0.29) is 10.7 Å². The zero-order valence-corrected chi connectivity index (χ0v) is 11.7. The van der Waals surface area contributed by atoms with Crippen LogP contribution >= 0.6 is 15.9 Å². The molecular formula is C8H13B4BrN2O. The first-order chi connectivity index (χ1) is 7.33. The number of halogens is 1. The van der Waals surface area contributed by atoms with Crippen LogP contribution in [-0.4, -0.2) is 47.1 Å². The van der Waals surface area contributed by atoms with Gasteiger partial charge in [-0.15, -0.1) is 0 Å². The van der Waals surface area contributed by atoms with Crippen LogP contribution in [0, 0.1) is 0 Å². The van der Waals surface area contributed by atoms with Crippen molar-refractivity contribution < 1.29 is 4.74 Å². The van der Waals surface area contributed by atoms with Gasteiger partial charge in [-0.3, -0.25) is 4.98 Å². The molecule has 1 aromatic rings. The molecule has 1 aromatic heterocycles. The summed E-state index contributed by atoms with van der Waals surface area (Å²) in [6.45, 7) is 0.776. The Morgan fingerprint density at radius 1 is 1.31 bits per heavy atom. The van der Waals surface area contributed by atoms with Gasteiger partial charge in [0.05, 0.1) is 4.47 Å². The molecule has 0 amide bonds. The van der Waals surface area contributed by atoms with Gasteiger partial charge in [0.15, 0.2) is 0 Å². The number of pyridine rings is 1. The highest BCUT2D eigenvalue weighted by molar-refractivity contribution is 9.10. The Kier molecular flexibility index (Phi) is 2.91. The van der Waals surface area contributed by atoms with Gasteiger partial charge in [0, 0.05) is 29.9 Å². The molecule has 80 valence electrons. The van der Waals surface area contributed by atoms with Crippen LogP contribution in [0.5, 0.6) is 5.75 Å². The van der Waals surface area contributed by atoms with Gasteiger partial charge < -0.3 is 10.1 Å². The molecule has 0 spiro atoms.